The van der Waals surface area contributed by atoms with Crippen LogP contribution in [0, 0.1) is 0 Å². The highest BCUT2D eigenvalue weighted by Gasteiger charge is 2.30. The average Bonchev–Trinajstić information content (AvgIpc) is 2.42. The van der Waals surface area contributed by atoms with Crippen molar-refractivity contribution in [1.29, 1.82) is 0 Å². The normalized spacial score (nSPS) is 15.1. The number of methoxy groups -OCH3 is 1. The van der Waals surface area contributed by atoms with Crippen molar-refractivity contribution in [1.82, 2.24) is 5.32 Å². The number of hydrogen-bond donors (Lipinski definition) is 1. The molecule has 114 valence electrons. The molecule has 0 fully saturated rings. The van der Waals surface area contributed by atoms with E-state index in [1.165, 1.54) is 12.1 Å². The van der Waals surface area contributed by atoms with Crippen LogP contribution < -0.4 is 5.32 Å². The second-order valence-electron chi connectivity index (χ2n) is 5.01. The van der Waals surface area contributed by atoms with Crippen LogP contribution in [0.1, 0.15) is 30.9 Å². The zero-order valence-electron chi connectivity index (χ0n) is 12.1. The fraction of sp³-hybridized carbons (Fsp3) is 0.600. The van der Waals surface area contributed by atoms with Crippen LogP contribution in [0.15, 0.2) is 24.3 Å². The maximum atomic E-state index is 12.7. The van der Waals surface area contributed by atoms with Crippen LogP contribution in [0.5, 0.6) is 0 Å². The molecule has 0 aliphatic heterocycles. The second-order valence-corrected chi connectivity index (χ2v) is 5.01. The third-order valence-corrected chi connectivity index (χ3v) is 3.47. The van der Waals surface area contributed by atoms with Gasteiger partial charge in [0, 0.05) is 13.2 Å². The molecule has 0 saturated heterocycles. The Bertz CT molecular complexity index is 406. The summed E-state index contributed by atoms with van der Waals surface area (Å²) in [4.78, 5) is 0. The molecule has 0 spiro atoms. The molecule has 1 aromatic carbocycles. The first kappa shape index (κ1) is 17.0. The van der Waals surface area contributed by atoms with E-state index in [2.05, 4.69) is 5.32 Å². The highest BCUT2D eigenvalue weighted by atomic mass is 19.4. The summed E-state index contributed by atoms with van der Waals surface area (Å²) in [7, 11) is 3.49. The van der Waals surface area contributed by atoms with Gasteiger partial charge in [0.2, 0.25) is 0 Å². The number of ether oxygens (including phenoxy) is 1. The lowest BCUT2D eigenvalue weighted by Crippen LogP contribution is -2.28. The summed E-state index contributed by atoms with van der Waals surface area (Å²) in [6, 6.07) is 5.67. The molecule has 0 aromatic heterocycles. The molecule has 0 bridgehead atoms. The number of hydrogen-bond acceptors (Lipinski definition) is 2. The Morgan fingerprint density at radius 2 is 1.95 bits per heavy atom. The second kappa shape index (κ2) is 7.64. The van der Waals surface area contributed by atoms with E-state index in [0.29, 0.717) is 12.0 Å². The maximum absolute atomic E-state index is 12.7. The van der Waals surface area contributed by atoms with E-state index in [4.69, 9.17) is 4.74 Å². The lowest BCUT2D eigenvalue weighted by atomic mass is 9.99. The highest BCUT2D eigenvalue weighted by Crippen LogP contribution is 2.29. The Morgan fingerprint density at radius 1 is 1.25 bits per heavy atom. The molecule has 0 heterocycles. The number of alkyl halides is 3. The summed E-state index contributed by atoms with van der Waals surface area (Å²) in [5.41, 5.74) is 0.111. The maximum Gasteiger partial charge on any atom is 0.416 e. The quantitative estimate of drug-likeness (QED) is 0.827. The van der Waals surface area contributed by atoms with Gasteiger partial charge in [-0.25, -0.2) is 0 Å². The standard InChI is InChI=1S/C15H22F3NO/c1-11(20-3)7-8-14(19-2)10-12-5-4-6-13(9-12)15(16,17)18/h4-6,9,11,14,19H,7-8,10H2,1-3H3. The van der Waals surface area contributed by atoms with Crippen molar-refractivity contribution in [3.8, 4) is 0 Å². The molecule has 0 aliphatic carbocycles. The Balaban J connectivity index is 2.65. The topological polar surface area (TPSA) is 21.3 Å². The summed E-state index contributed by atoms with van der Waals surface area (Å²) >= 11 is 0. The summed E-state index contributed by atoms with van der Waals surface area (Å²) in [5, 5.41) is 3.15. The van der Waals surface area contributed by atoms with Gasteiger partial charge in [0.05, 0.1) is 11.7 Å². The minimum atomic E-state index is -4.28. The predicted octanol–water partition coefficient (Wildman–Crippen LogP) is 3.65. The van der Waals surface area contributed by atoms with Crippen LogP contribution in [0.3, 0.4) is 0 Å². The van der Waals surface area contributed by atoms with Crippen LogP contribution in [0.2, 0.25) is 0 Å². The fourth-order valence-electron chi connectivity index (χ4n) is 2.06. The molecular weight excluding hydrogens is 267 g/mol. The van der Waals surface area contributed by atoms with Crippen LogP contribution in [-0.4, -0.2) is 26.3 Å². The predicted molar refractivity (Wildman–Crippen MR) is 73.7 cm³/mol. The Morgan fingerprint density at radius 3 is 2.50 bits per heavy atom. The minimum Gasteiger partial charge on any atom is -0.382 e. The molecule has 2 unspecified atom stereocenters. The van der Waals surface area contributed by atoms with Crippen molar-refractivity contribution < 1.29 is 17.9 Å². The van der Waals surface area contributed by atoms with Gasteiger partial charge in [0.1, 0.15) is 0 Å². The van der Waals surface area contributed by atoms with Gasteiger partial charge < -0.3 is 10.1 Å². The largest absolute Gasteiger partial charge is 0.416 e. The lowest BCUT2D eigenvalue weighted by molar-refractivity contribution is -0.137. The molecule has 5 heteroatoms. The van der Waals surface area contributed by atoms with Crippen molar-refractivity contribution in [2.75, 3.05) is 14.2 Å². The van der Waals surface area contributed by atoms with Crippen molar-refractivity contribution in [3.05, 3.63) is 35.4 Å². The molecule has 2 nitrogen and oxygen atoms in total. The Hall–Kier alpha value is -1.07. The zero-order chi connectivity index (χ0) is 15.2. The third-order valence-electron chi connectivity index (χ3n) is 3.47. The monoisotopic (exact) mass is 289 g/mol. The number of likely N-dealkylation sites (N-methyl/N-ethyl adjacent to an activating group) is 1. The van der Waals surface area contributed by atoms with Gasteiger partial charge in [0.15, 0.2) is 0 Å². The number of halogens is 3. The molecule has 1 rings (SSSR count). The SMILES string of the molecule is CNC(CCC(C)OC)Cc1cccc(C(F)(F)F)c1. The van der Waals surface area contributed by atoms with E-state index in [1.54, 1.807) is 13.2 Å². The van der Waals surface area contributed by atoms with Crippen molar-refractivity contribution in [2.45, 2.75) is 44.5 Å². The Labute approximate surface area is 118 Å². The van der Waals surface area contributed by atoms with Crippen molar-refractivity contribution in [3.63, 3.8) is 0 Å². The molecule has 0 radical (unpaired) electrons. The molecule has 1 N–H and O–H groups in total. The number of nitrogens with one attached hydrogen (secondary N) is 1. The van der Waals surface area contributed by atoms with Gasteiger partial charge >= 0.3 is 6.18 Å². The van der Waals surface area contributed by atoms with Crippen LogP contribution in [0.4, 0.5) is 13.2 Å². The third kappa shape index (κ3) is 5.51. The van der Waals surface area contributed by atoms with E-state index >= 15 is 0 Å². The van der Waals surface area contributed by atoms with Crippen LogP contribution >= 0.6 is 0 Å². The van der Waals surface area contributed by atoms with Crippen LogP contribution in [0.25, 0.3) is 0 Å². The van der Waals surface area contributed by atoms with Crippen molar-refractivity contribution in [2.24, 2.45) is 0 Å². The van der Waals surface area contributed by atoms with Crippen molar-refractivity contribution >= 4 is 0 Å². The van der Waals surface area contributed by atoms with Crippen LogP contribution in [-0.2, 0) is 17.3 Å². The van der Waals surface area contributed by atoms with Gasteiger partial charge in [-0.05, 0) is 44.9 Å². The fourth-order valence-corrected chi connectivity index (χ4v) is 2.06. The minimum absolute atomic E-state index is 0.149. The molecule has 0 saturated carbocycles. The number of rotatable bonds is 7. The van der Waals surface area contributed by atoms with Gasteiger partial charge in [0.25, 0.3) is 0 Å². The molecule has 20 heavy (non-hydrogen) atoms. The highest BCUT2D eigenvalue weighted by molar-refractivity contribution is 5.26. The molecule has 1 aromatic rings. The molecule has 2 atom stereocenters. The van der Waals surface area contributed by atoms with E-state index < -0.39 is 11.7 Å². The first-order chi connectivity index (χ1) is 9.36. The molecular formula is C15H22F3NO. The molecule has 0 aliphatic rings. The summed E-state index contributed by atoms with van der Waals surface area (Å²) in [5.74, 6) is 0. The van der Waals surface area contributed by atoms with E-state index in [1.807, 2.05) is 14.0 Å². The van der Waals surface area contributed by atoms with Gasteiger partial charge in [-0.3, -0.25) is 0 Å². The summed E-state index contributed by atoms with van der Waals surface area (Å²) in [6.07, 6.45) is -1.80. The number of benzene rings is 1. The molecule has 0 amide bonds. The van der Waals surface area contributed by atoms with E-state index in [9.17, 15) is 13.2 Å². The average molecular weight is 289 g/mol. The van der Waals surface area contributed by atoms with Gasteiger partial charge in [-0.1, -0.05) is 18.2 Å². The zero-order valence-corrected chi connectivity index (χ0v) is 12.1. The van der Waals surface area contributed by atoms with Gasteiger partial charge in [-0.15, -0.1) is 0 Å². The van der Waals surface area contributed by atoms with E-state index in [0.717, 1.165) is 18.9 Å². The smallest absolute Gasteiger partial charge is 0.382 e. The summed E-state index contributed by atoms with van der Waals surface area (Å²) in [6.45, 7) is 1.98. The first-order valence-electron chi connectivity index (χ1n) is 6.73. The summed E-state index contributed by atoms with van der Waals surface area (Å²) < 4.78 is 43.1. The van der Waals surface area contributed by atoms with E-state index in [-0.39, 0.29) is 12.1 Å². The Kier molecular flexibility index (Phi) is 6.49. The first-order valence-corrected chi connectivity index (χ1v) is 6.73. The van der Waals surface area contributed by atoms with Gasteiger partial charge in [-0.2, -0.15) is 13.2 Å². The lowest BCUT2D eigenvalue weighted by Gasteiger charge is -2.19.